The molecule has 0 atom stereocenters. The Balaban J connectivity index is 1.91. The quantitative estimate of drug-likeness (QED) is 0.373. The van der Waals surface area contributed by atoms with Crippen molar-refractivity contribution in [3.05, 3.63) is 45.9 Å². The molecule has 0 bridgehead atoms. The fraction of sp³-hybridized carbons (Fsp3) is 0.474. The van der Waals surface area contributed by atoms with Crippen LogP contribution in [0.2, 0.25) is 0 Å². The number of aryl methyl sites for hydroxylation is 1. The van der Waals surface area contributed by atoms with Gasteiger partial charge < -0.3 is 0 Å². The zero-order valence-corrected chi connectivity index (χ0v) is 15.6. The Morgan fingerprint density at radius 3 is 2.45 bits per heavy atom. The summed E-state index contributed by atoms with van der Waals surface area (Å²) < 4.78 is 1.25. The molecular weight excluding hydrogens is 383 g/mol. The first-order valence-corrected chi connectivity index (χ1v) is 9.44. The minimum atomic E-state index is 1.08. The minimum absolute atomic E-state index is 1.08. The van der Waals surface area contributed by atoms with Gasteiger partial charge >= 0.3 is 0 Å². The lowest BCUT2D eigenvalue weighted by atomic mass is 10.0. The molecule has 1 heterocycles. The molecule has 0 spiro atoms. The molecule has 0 amide bonds. The van der Waals surface area contributed by atoms with E-state index >= 15 is 0 Å². The number of unbranched alkanes of at least 4 members (excludes halogenated alkanes) is 6. The molecule has 2 rings (SSSR count). The Kier molecular flexibility index (Phi) is 7.85. The monoisotopic (exact) mass is 408 g/mol. The van der Waals surface area contributed by atoms with Gasteiger partial charge in [0.15, 0.2) is 0 Å². The molecule has 0 aliphatic rings. The van der Waals surface area contributed by atoms with E-state index in [1.165, 1.54) is 59.6 Å². The van der Waals surface area contributed by atoms with Gasteiger partial charge in [0.05, 0.1) is 5.69 Å². The third-order valence-corrected chi connectivity index (χ3v) is 4.91. The van der Waals surface area contributed by atoms with Crippen LogP contribution in [0.3, 0.4) is 0 Å². The Morgan fingerprint density at radius 1 is 0.955 bits per heavy atom. The first-order chi connectivity index (χ1) is 10.8. The third kappa shape index (κ3) is 5.34. The second-order valence-corrected chi connectivity index (χ2v) is 6.91. The van der Waals surface area contributed by atoms with Crippen LogP contribution >= 0.6 is 22.6 Å². The normalized spacial score (nSPS) is 10.8. The number of hydrogen-bond acceptors (Lipinski definition) is 2. The van der Waals surface area contributed by atoms with Crippen molar-refractivity contribution in [2.75, 3.05) is 0 Å². The fourth-order valence-electron chi connectivity index (χ4n) is 2.71. The minimum Gasteiger partial charge on any atom is -0.244 e. The average molecular weight is 408 g/mol. The third-order valence-electron chi connectivity index (χ3n) is 3.97. The molecular formula is C19H25IN2. The van der Waals surface area contributed by atoms with E-state index in [4.69, 9.17) is 0 Å². The van der Waals surface area contributed by atoms with Gasteiger partial charge in [0, 0.05) is 15.3 Å². The van der Waals surface area contributed by atoms with Crippen LogP contribution in [0.15, 0.2) is 36.8 Å². The van der Waals surface area contributed by atoms with Gasteiger partial charge in [-0.25, -0.2) is 9.97 Å². The summed E-state index contributed by atoms with van der Waals surface area (Å²) in [6.45, 7) is 2.27. The van der Waals surface area contributed by atoms with Crippen molar-refractivity contribution in [1.29, 1.82) is 0 Å². The van der Waals surface area contributed by atoms with Crippen molar-refractivity contribution in [1.82, 2.24) is 9.97 Å². The number of nitrogens with zero attached hydrogens (tertiary/aromatic N) is 2. The first kappa shape index (κ1) is 17.4. The molecule has 2 aromatic rings. The van der Waals surface area contributed by atoms with E-state index in [9.17, 15) is 0 Å². The van der Waals surface area contributed by atoms with E-state index in [1.807, 2.05) is 6.20 Å². The highest BCUT2D eigenvalue weighted by Crippen LogP contribution is 2.26. The fourth-order valence-corrected chi connectivity index (χ4v) is 3.35. The Morgan fingerprint density at radius 2 is 1.68 bits per heavy atom. The SMILES string of the molecule is CCCCCCCCCc1cncnc1-c1ccccc1I. The van der Waals surface area contributed by atoms with Crippen LogP contribution in [0.1, 0.15) is 57.4 Å². The lowest BCUT2D eigenvalue weighted by Gasteiger charge is -2.09. The molecule has 1 aromatic carbocycles. The van der Waals surface area contributed by atoms with Crippen molar-refractivity contribution in [3.63, 3.8) is 0 Å². The number of halogens is 1. The van der Waals surface area contributed by atoms with Crippen LogP contribution in [0.5, 0.6) is 0 Å². The summed E-state index contributed by atoms with van der Waals surface area (Å²) in [5, 5.41) is 0. The smallest absolute Gasteiger partial charge is 0.116 e. The molecule has 0 unspecified atom stereocenters. The number of hydrogen-bond donors (Lipinski definition) is 0. The van der Waals surface area contributed by atoms with Crippen LogP contribution in [0.25, 0.3) is 11.3 Å². The second-order valence-electron chi connectivity index (χ2n) is 5.75. The van der Waals surface area contributed by atoms with E-state index < -0.39 is 0 Å². The maximum absolute atomic E-state index is 4.53. The van der Waals surface area contributed by atoms with Crippen LogP contribution in [-0.4, -0.2) is 9.97 Å². The van der Waals surface area contributed by atoms with Gasteiger partial charge in [0.25, 0.3) is 0 Å². The zero-order chi connectivity index (χ0) is 15.6. The van der Waals surface area contributed by atoms with E-state index in [0.717, 1.165) is 12.1 Å². The van der Waals surface area contributed by atoms with Crippen molar-refractivity contribution < 1.29 is 0 Å². The highest BCUT2D eigenvalue weighted by atomic mass is 127. The molecule has 0 radical (unpaired) electrons. The molecule has 1 aromatic heterocycles. The predicted molar refractivity (Wildman–Crippen MR) is 102 cm³/mol. The molecule has 0 saturated carbocycles. The van der Waals surface area contributed by atoms with E-state index in [0.29, 0.717) is 0 Å². The van der Waals surface area contributed by atoms with Gasteiger partial charge in [0.1, 0.15) is 6.33 Å². The molecule has 0 N–H and O–H groups in total. The van der Waals surface area contributed by atoms with Crippen molar-refractivity contribution in [2.45, 2.75) is 58.3 Å². The van der Waals surface area contributed by atoms with Crippen LogP contribution in [0, 0.1) is 3.57 Å². The predicted octanol–water partition coefficient (Wildman–Crippen LogP) is 6.04. The number of benzene rings is 1. The van der Waals surface area contributed by atoms with Gasteiger partial charge in [-0.05, 0) is 47.1 Å². The molecule has 0 saturated heterocycles. The van der Waals surface area contributed by atoms with Gasteiger partial charge in [-0.1, -0.05) is 63.6 Å². The first-order valence-electron chi connectivity index (χ1n) is 8.36. The van der Waals surface area contributed by atoms with Gasteiger partial charge in [0.2, 0.25) is 0 Å². The molecule has 3 heteroatoms. The Hall–Kier alpha value is -0.970. The maximum atomic E-state index is 4.53. The number of aromatic nitrogens is 2. The molecule has 0 aliphatic heterocycles. The average Bonchev–Trinajstić information content (AvgIpc) is 2.55. The summed E-state index contributed by atoms with van der Waals surface area (Å²) in [6, 6.07) is 8.44. The summed E-state index contributed by atoms with van der Waals surface area (Å²) in [6.07, 6.45) is 14.1. The van der Waals surface area contributed by atoms with Gasteiger partial charge in [-0.2, -0.15) is 0 Å². The number of rotatable bonds is 9. The molecule has 2 nitrogen and oxygen atoms in total. The zero-order valence-electron chi connectivity index (χ0n) is 13.4. The largest absolute Gasteiger partial charge is 0.244 e. The summed E-state index contributed by atoms with van der Waals surface area (Å²) in [5.74, 6) is 0. The summed E-state index contributed by atoms with van der Waals surface area (Å²) >= 11 is 2.38. The Labute approximate surface area is 147 Å². The van der Waals surface area contributed by atoms with Crippen molar-refractivity contribution in [3.8, 4) is 11.3 Å². The molecule has 118 valence electrons. The maximum Gasteiger partial charge on any atom is 0.116 e. The Bertz CT molecular complexity index is 569. The van der Waals surface area contributed by atoms with Crippen molar-refractivity contribution in [2.24, 2.45) is 0 Å². The highest BCUT2D eigenvalue weighted by Gasteiger charge is 2.09. The van der Waals surface area contributed by atoms with E-state index in [-0.39, 0.29) is 0 Å². The van der Waals surface area contributed by atoms with Gasteiger partial charge in [-0.3, -0.25) is 0 Å². The van der Waals surface area contributed by atoms with E-state index in [1.54, 1.807) is 6.33 Å². The van der Waals surface area contributed by atoms with E-state index in [2.05, 4.69) is 63.7 Å². The molecule has 22 heavy (non-hydrogen) atoms. The van der Waals surface area contributed by atoms with Crippen LogP contribution < -0.4 is 0 Å². The highest BCUT2D eigenvalue weighted by molar-refractivity contribution is 14.1. The summed E-state index contributed by atoms with van der Waals surface area (Å²) in [7, 11) is 0. The second kappa shape index (κ2) is 9.93. The van der Waals surface area contributed by atoms with Crippen LogP contribution in [-0.2, 0) is 6.42 Å². The lowest BCUT2D eigenvalue weighted by Crippen LogP contribution is -1.97. The topological polar surface area (TPSA) is 25.8 Å². The van der Waals surface area contributed by atoms with Crippen molar-refractivity contribution >= 4 is 22.6 Å². The molecule has 0 fully saturated rings. The standard InChI is InChI=1S/C19H25IN2/c1-2-3-4-5-6-7-8-11-16-14-21-15-22-19(16)17-12-9-10-13-18(17)20/h9-10,12-15H,2-8,11H2,1H3. The summed E-state index contributed by atoms with van der Waals surface area (Å²) in [4.78, 5) is 8.76. The summed E-state index contributed by atoms with van der Waals surface area (Å²) in [5.41, 5.74) is 3.61. The van der Waals surface area contributed by atoms with Gasteiger partial charge in [-0.15, -0.1) is 0 Å². The lowest BCUT2D eigenvalue weighted by molar-refractivity contribution is 0.589. The van der Waals surface area contributed by atoms with Crippen LogP contribution in [0.4, 0.5) is 0 Å². The molecule has 0 aliphatic carbocycles.